The molecule has 9 nitrogen and oxygen atoms in total. The Morgan fingerprint density at radius 2 is 1.94 bits per heavy atom. The topological polar surface area (TPSA) is 107 Å². The number of amides is 1. The molecule has 10 heteroatoms. The number of benzene rings is 1. The summed E-state index contributed by atoms with van der Waals surface area (Å²) in [6.45, 7) is 3.85. The van der Waals surface area contributed by atoms with Crippen LogP contribution in [0.1, 0.15) is 30.4 Å². The lowest BCUT2D eigenvalue weighted by atomic mass is 9.84. The predicted octanol–water partition coefficient (Wildman–Crippen LogP) is 4.12. The molecule has 3 aliphatic rings. The van der Waals surface area contributed by atoms with Gasteiger partial charge in [-0.15, -0.1) is 0 Å². The Hall–Kier alpha value is -3.09. The lowest BCUT2D eigenvalue weighted by Gasteiger charge is -2.46. The van der Waals surface area contributed by atoms with Crippen LogP contribution in [-0.2, 0) is 9.47 Å². The van der Waals surface area contributed by atoms with Crippen LogP contribution in [-0.4, -0.2) is 59.5 Å². The molecule has 1 amide bonds. The summed E-state index contributed by atoms with van der Waals surface area (Å²) in [6, 6.07) is 6.83. The summed E-state index contributed by atoms with van der Waals surface area (Å²) in [6.07, 6.45) is 4.07. The van der Waals surface area contributed by atoms with E-state index in [1.807, 2.05) is 13.0 Å². The molecule has 2 atom stereocenters. The first-order valence-electron chi connectivity index (χ1n) is 11.4. The number of hydrogen-bond donors (Lipinski definition) is 0. The van der Waals surface area contributed by atoms with Crippen LogP contribution in [0.2, 0.25) is 5.02 Å². The van der Waals surface area contributed by atoms with Gasteiger partial charge in [0.25, 0.3) is 0 Å². The summed E-state index contributed by atoms with van der Waals surface area (Å²) in [5, 5.41) is 9.33. The summed E-state index contributed by atoms with van der Waals surface area (Å²) in [4.78, 5) is 22.9. The highest BCUT2D eigenvalue weighted by Crippen LogP contribution is 2.36. The van der Waals surface area contributed by atoms with Gasteiger partial charge in [0.2, 0.25) is 11.8 Å². The molecular formula is C24H25ClN4O5. The number of fused-ring (bicyclic) bond motifs is 2. The van der Waals surface area contributed by atoms with Gasteiger partial charge in [-0.05, 0) is 44.4 Å². The maximum absolute atomic E-state index is 12.6. The standard InChI is InChI=1S/C24H25ClN4O5/c1-14-22(33-20-6-5-15(8-26)7-19(20)25)27-13-28-23(14)34-21-16-9-29(10-17(21)12-31-11-16)24(30)32-18-3-2-4-18/h5-7,13,16-18,21H,2-4,9-12H2,1H3. The van der Waals surface area contributed by atoms with Gasteiger partial charge in [-0.25, -0.2) is 14.8 Å². The van der Waals surface area contributed by atoms with E-state index in [2.05, 4.69) is 9.97 Å². The van der Waals surface area contributed by atoms with Crippen molar-refractivity contribution in [1.29, 1.82) is 5.26 Å². The molecule has 3 fully saturated rings. The van der Waals surface area contributed by atoms with E-state index in [9.17, 15) is 4.79 Å². The largest absolute Gasteiger partial charge is 0.473 e. The summed E-state index contributed by atoms with van der Waals surface area (Å²) >= 11 is 6.25. The number of carbonyl (C=O) groups excluding carboxylic acids is 1. The number of halogens is 1. The average molecular weight is 485 g/mol. The van der Waals surface area contributed by atoms with Gasteiger partial charge < -0.3 is 23.8 Å². The normalized spacial score (nSPS) is 24.0. The van der Waals surface area contributed by atoms with E-state index in [4.69, 9.17) is 35.8 Å². The highest BCUT2D eigenvalue weighted by Gasteiger charge is 2.44. The maximum atomic E-state index is 12.6. The predicted molar refractivity (Wildman–Crippen MR) is 121 cm³/mol. The van der Waals surface area contributed by atoms with Crippen molar-refractivity contribution >= 4 is 17.7 Å². The van der Waals surface area contributed by atoms with Crippen LogP contribution >= 0.6 is 11.6 Å². The molecule has 1 aromatic heterocycles. The van der Waals surface area contributed by atoms with Crippen LogP contribution in [0.5, 0.6) is 17.5 Å². The van der Waals surface area contributed by atoms with Gasteiger partial charge in [0.05, 0.1) is 35.4 Å². The summed E-state index contributed by atoms with van der Waals surface area (Å²) < 4.78 is 23.6. The Balaban J connectivity index is 1.29. The maximum Gasteiger partial charge on any atom is 0.410 e. The number of carbonyl (C=O) groups is 1. The second-order valence-electron chi connectivity index (χ2n) is 8.95. The van der Waals surface area contributed by atoms with Gasteiger partial charge in [-0.2, -0.15) is 5.26 Å². The fourth-order valence-electron chi connectivity index (χ4n) is 4.47. The minimum absolute atomic E-state index is 0.00754. The first-order chi connectivity index (χ1) is 16.5. The Kier molecular flexibility index (Phi) is 6.44. The number of likely N-dealkylation sites (tertiary alicyclic amines) is 1. The van der Waals surface area contributed by atoms with Crippen molar-refractivity contribution in [2.45, 2.75) is 38.4 Å². The molecular weight excluding hydrogens is 460 g/mol. The number of aromatic nitrogens is 2. The minimum atomic E-state index is -0.242. The lowest BCUT2D eigenvalue weighted by molar-refractivity contribution is -0.112. The van der Waals surface area contributed by atoms with E-state index < -0.39 is 0 Å². The number of nitriles is 1. The van der Waals surface area contributed by atoms with E-state index >= 15 is 0 Å². The molecule has 1 aliphatic carbocycles. The van der Waals surface area contributed by atoms with E-state index in [1.165, 1.54) is 12.4 Å². The van der Waals surface area contributed by atoms with Gasteiger partial charge >= 0.3 is 6.09 Å². The summed E-state index contributed by atoms with van der Waals surface area (Å²) in [5.41, 5.74) is 1.08. The van der Waals surface area contributed by atoms with Gasteiger partial charge in [0.15, 0.2) is 0 Å². The zero-order valence-electron chi connectivity index (χ0n) is 18.8. The lowest BCUT2D eigenvalue weighted by Crippen LogP contribution is -2.59. The smallest absolute Gasteiger partial charge is 0.410 e. The molecule has 2 bridgehead atoms. The Morgan fingerprint density at radius 3 is 2.59 bits per heavy atom. The van der Waals surface area contributed by atoms with Crippen molar-refractivity contribution < 1.29 is 23.7 Å². The molecule has 2 aromatic rings. The summed E-state index contributed by atoms with van der Waals surface area (Å²) in [7, 11) is 0. The van der Waals surface area contributed by atoms with E-state index in [0.717, 1.165) is 19.3 Å². The highest BCUT2D eigenvalue weighted by molar-refractivity contribution is 6.32. The van der Waals surface area contributed by atoms with E-state index in [-0.39, 0.29) is 30.1 Å². The highest BCUT2D eigenvalue weighted by atomic mass is 35.5. The monoisotopic (exact) mass is 484 g/mol. The average Bonchev–Trinajstić information content (AvgIpc) is 2.79. The van der Waals surface area contributed by atoms with Gasteiger partial charge in [-0.1, -0.05) is 11.6 Å². The van der Waals surface area contributed by atoms with Crippen LogP contribution in [0.3, 0.4) is 0 Å². The van der Waals surface area contributed by atoms with Crippen molar-refractivity contribution in [1.82, 2.24) is 14.9 Å². The third-order valence-electron chi connectivity index (χ3n) is 6.59. The molecule has 0 spiro atoms. The van der Waals surface area contributed by atoms with Gasteiger partial charge in [-0.3, -0.25) is 0 Å². The van der Waals surface area contributed by atoms with Crippen molar-refractivity contribution in [3.63, 3.8) is 0 Å². The Bertz CT molecular complexity index is 1110. The molecule has 178 valence electrons. The Labute approximate surface area is 202 Å². The van der Waals surface area contributed by atoms with E-state index in [1.54, 1.807) is 17.0 Å². The number of piperidine rings is 1. The van der Waals surface area contributed by atoms with Crippen LogP contribution in [0.25, 0.3) is 0 Å². The van der Waals surface area contributed by atoms with E-state index in [0.29, 0.717) is 60.0 Å². The SMILES string of the molecule is Cc1c(Oc2ccc(C#N)cc2Cl)ncnc1OC1C2COCC1CN(C(=O)OC1CCC1)C2. The van der Waals surface area contributed by atoms with Crippen molar-refractivity contribution in [2.75, 3.05) is 26.3 Å². The molecule has 0 radical (unpaired) electrons. The van der Waals surface area contributed by atoms with Crippen LogP contribution in [0.4, 0.5) is 4.79 Å². The molecule has 34 heavy (non-hydrogen) atoms. The quantitative estimate of drug-likeness (QED) is 0.623. The van der Waals surface area contributed by atoms with Crippen molar-refractivity contribution in [3.8, 4) is 23.6 Å². The van der Waals surface area contributed by atoms with Crippen LogP contribution in [0.15, 0.2) is 24.5 Å². The first kappa shape index (κ1) is 22.7. The zero-order chi connectivity index (χ0) is 23.7. The van der Waals surface area contributed by atoms with Gasteiger partial charge in [0.1, 0.15) is 24.3 Å². The Morgan fingerprint density at radius 1 is 1.21 bits per heavy atom. The number of nitrogens with zero attached hydrogens (tertiary/aromatic N) is 4. The molecule has 1 saturated carbocycles. The molecule has 2 saturated heterocycles. The third-order valence-corrected chi connectivity index (χ3v) is 6.88. The molecule has 2 aliphatic heterocycles. The van der Waals surface area contributed by atoms with Crippen LogP contribution < -0.4 is 9.47 Å². The fraction of sp³-hybridized carbons (Fsp3) is 0.500. The second kappa shape index (κ2) is 9.65. The van der Waals surface area contributed by atoms with Crippen molar-refractivity contribution in [2.24, 2.45) is 11.8 Å². The van der Waals surface area contributed by atoms with Gasteiger partial charge in [0, 0.05) is 24.9 Å². The number of rotatable bonds is 5. The number of ether oxygens (including phenoxy) is 4. The van der Waals surface area contributed by atoms with Crippen molar-refractivity contribution in [3.05, 3.63) is 40.7 Å². The van der Waals surface area contributed by atoms with Crippen LogP contribution in [0, 0.1) is 30.1 Å². The summed E-state index contributed by atoms with van der Waals surface area (Å²) in [5.74, 6) is 1.14. The molecule has 0 N–H and O–H groups in total. The fourth-order valence-corrected chi connectivity index (χ4v) is 4.69. The molecule has 2 unspecified atom stereocenters. The number of hydrogen-bond acceptors (Lipinski definition) is 8. The third kappa shape index (κ3) is 4.61. The molecule has 3 heterocycles. The molecule has 1 aromatic carbocycles. The minimum Gasteiger partial charge on any atom is -0.473 e. The zero-order valence-corrected chi connectivity index (χ0v) is 19.5. The second-order valence-corrected chi connectivity index (χ2v) is 9.36. The first-order valence-corrected chi connectivity index (χ1v) is 11.8. The molecule has 5 rings (SSSR count).